The molecule has 1 aromatic rings. The first-order chi connectivity index (χ1) is 11.8. The summed E-state index contributed by atoms with van der Waals surface area (Å²) in [5.74, 6) is -1.05. The quantitative estimate of drug-likeness (QED) is 0.718. The Hall–Kier alpha value is -1.95. The molecule has 6 heteroatoms. The number of rotatable bonds is 9. The van der Waals surface area contributed by atoms with E-state index in [0.717, 1.165) is 13.1 Å². The van der Waals surface area contributed by atoms with E-state index in [1.165, 1.54) is 24.3 Å². The van der Waals surface area contributed by atoms with Gasteiger partial charge in [-0.3, -0.25) is 14.5 Å². The van der Waals surface area contributed by atoms with Crippen LogP contribution in [0, 0.1) is 11.7 Å². The smallest absolute Gasteiger partial charge is 0.251 e. The van der Waals surface area contributed by atoms with E-state index in [0.29, 0.717) is 12.1 Å². The monoisotopic (exact) mass is 351 g/mol. The molecular formula is C19H30FN3O2. The molecule has 2 unspecified atom stereocenters. The molecule has 0 fully saturated rings. The highest BCUT2D eigenvalue weighted by Gasteiger charge is 2.25. The first-order valence-electron chi connectivity index (χ1n) is 8.88. The van der Waals surface area contributed by atoms with Gasteiger partial charge >= 0.3 is 0 Å². The van der Waals surface area contributed by atoms with Crippen molar-refractivity contribution in [2.45, 2.75) is 46.7 Å². The van der Waals surface area contributed by atoms with Crippen molar-refractivity contribution in [2.75, 3.05) is 19.6 Å². The number of benzene rings is 1. The molecule has 0 spiro atoms. The van der Waals surface area contributed by atoms with E-state index < -0.39 is 11.9 Å². The number of carbonyl (C=O) groups excluding carboxylic acids is 2. The Morgan fingerprint density at radius 3 is 2.12 bits per heavy atom. The van der Waals surface area contributed by atoms with Crippen LogP contribution in [0.3, 0.4) is 0 Å². The second-order valence-electron chi connectivity index (χ2n) is 6.52. The average Bonchev–Trinajstić information content (AvgIpc) is 2.58. The van der Waals surface area contributed by atoms with Crippen molar-refractivity contribution in [3.05, 3.63) is 35.6 Å². The molecule has 25 heavy (non-hydrogen) atoms. The predicted molar refractivity (Wildman–Crippen MR) is 97.9 cm³/mol. The average molecular weight is 351 g/mol. The maximum Gasteiger partial charge on any atom is 0.251 e. The first-order valence-corrected chi connectivity index (χ1v) is 8.88. The number of hydrogen-bond donors (Lipinski definition) is 2. The van der Waals surface area contributed by atoms with Crippen LogP contribution in [-0.4, -0.2) is 48.4 Å². The summed E-state index contributed by atoms with van der Waals surface area (Å²) in [6.07, 6.45) is 0. The standard InChI is InChI=1S/C19H30FN3O2/c1-6-23(7-2)14(5)12-21-19(25)17(13(3)4)22-18(24)15-8-10-16(20)11-9-15/h8-11,13-14,17H,6-7,12H2,1-5H3,(H,21,25)(H,22,24). The normalized spacial score (nSPS) is 13.6. The number of amides is 2. The van der Waals surface area contributed by atoms with Crippen LogP contribution in [0.2, 0.25) is 0 Å². The molecular weight excluding hydrogens is 321 g/mol. The van der Waals surface area contributed by atoms with Gasteiger partial charge in [0.1, 0.15) is 11.9 Å². The van der Waals surface area contributed by atoms with Crippen molar-refractivity contribution in [2.24, 2.45) is 5.92 Å². The number of hydrogen-bond acceptors (Lipinski definition) is 3. The number of carbonyl (C=O) groups is 2. The minimum absolute atomic E-state index is 0.0619. The number of nitrogens with zero attached hydrogens (tertiary/aromatic N) is 1. The Morgan fingerprint density at radius 1 is 1.08 bits per heavy atom. The Morgan fingerprint density at radius 2 is 1.64 bits per heavy atom. The lowest BCUT2D eigenvalue weighted by atomic mass is 10.0. The van der Waals surface area contributed by atoms with E-state index in [1.54, 1.807) is 0 Å². The zero-order valence-corrected chi connectivity index (χ0v) is 15.8. The van der Waals surface area contributed by atoms with Crippen LogP contribution in [0.15, 0.2) is 24.3 Å². The van der Waals surface area contributed by atoms with E-state index in [9.17, 15) is 14.0 Å². The second-order valence-corrected chi connectivity index (χ2v) is 6.52. The zero-order valence-electron chi connectivity index (χ0n) is 15.8. The maximum absolute atomic E-state index is 13.0. The lowest BCUT2D eigenvalue weighted by molar-refractivity contribution is -0.124. The Balaban J connectivity index is 2.67. The molecule has 0 saturated carbocycles. The molecule has 0 aliphatic heterocycles. The summed E-state index contributed by atoms with van der Waals surface area (Å²) in [7, 11) is 0. The summed E-state index contributed by atoms with van der Waals surface area (Å²) < 4.78 is 13.0. The molecule has 2 atom stereocenters. The maximum atomic E-state index is 13.0. The second kappa shape index (κ2) is 10.1. The molecule has 0 aromatic heterocycles. The fourth-order valence-electron chi connectivity index (χ4n) is 2.70. The van der Waals surface area contributed by atoms with E-state index in [1.807, 2.05) is 13.8 Å². The Bertz CT molecular complexity index is 556. The molecule has 1 aromatic carbocycles. The van der Waals surface area contributed by atoms with Gasteiger partial charge in [0.05, 0.1) is 0 Å². The van der Waals surface area contributed by atoms with Gasteiger partial charge in [0.2, 0.25) is 5.91 Å². The zero-order chi connectivity index (χ0) is 19.0. The van der Waals surface area contributed by atoms with Crippen molar-refractivity contribution >= 4 is 11.8 Å². The summed E-state index contributed by atoms with van der Waals surface area (Å²) in [5.41, 5.74) is 0.330. The van der Waals surface area contributed by atoms with Crippen LogP contribution >= 0.6 is 0 Å². The molecule has 0 saturated heterocycles. The van der Waals surface area contributed by atoms with Gasteiger partial charge in [0, 0.05) is 18.2 Å². The van der Waals surface area contributed by atoms with Crippen LogP contribution in [0.4, 0.5) is 4.39 Å². The molecule has 0 aliphatic rings. The molecule has 0 heterocycles. The summed E-state index contributed by atoms with van der Waals surface area (Å²) >= 11 is 0. The first kappa shape index (κ1) is 21.1. The van der Waals surface area contributed by atoms with Crippen molar-refractivity contribution in [1.82, 2.24) is 15.5 Å². The molecule has 2 N–H and O–H groups in total. The molecule has 1 rings (SSSR count). The molecule has 2 amide bonds. The van der Waals surface area contributed by atoms with E-state index in [-0.39, 0.29) is 23.8 Å². The fraction of sp³-hybridized carbons (Fsp3) is 0.579. The van der Waals surface area contributed by atoms with Crippen molar-refractivity contribution in [1.29, 1.82) is 0 Å². The molecule has 0 aliphatic carbocycles. The minimum Gasteiger partial charge on any atom is -0.353 e. The van der Waals surface area contributed by atoms with Crippen LogP contribution < -0.4 is 10.6 Å². The third kappa shape index (κ3) is 6.46. The van der Waals surface area contributed by atoms with Crippen molar-refractivity contribution in [3.8, 4) is 0 Å². The highest BCUT2D eigenvalue weighted by Crippen LogP contribution is 2.07. The lowest BCUT2D eigenvalue weighted by Gasteiger charge is -2.28. The van der Waals surface area contributed by atoms with Crippen LogP contribution in [0.25, 0.3) is 0 Å². The summed E-state index contributed by atoms with van der Waals surface area (Å²) in [5, 5.41) is 5.67. The third-order valence-corrected chi connectivity index (χ3v) is 4.35. The number of nitrogens with one attached hydrogen (secondary N) is 2. The topological polar surface area (TPSA) is 61.4 Å². The van der Waals surface area contributed by atoms with Gasteiger partial charge in [-0.1, -0.05) is 27.7 Å². The van der Waals surface area contributed by atoms with Gasteiger partial charge < -0.3 is 10.6 Å². The van der Waals surface area contributed by atoms with Gasteiger partial charge in [-0.05, 0) is 50.2 Å². The van der Waals surface area contributed by atoms with Crippen LogP contribution in [0.1, 0.15) is 45.0 Å². The highest BCUT2D eigenvalue weighted by atomic mass is 19.1. The largest absolute Gasteiger partial charge is 0.353 e. The van der Waals surface area contributed by atoms with E-state index in [4.69, 9.17) is 0 Å². The van der Waals surface area contributed by atoms with Gasteiger partial charge in [0.15, 0.2) is 0 Å². The van der Waals surface area contributed by atoms with Crippen molar-refractivity contribution < 1.29 is 14.0 Å². The predicted octanol–water partition coefficient (Wildman–Crippen LogP) is 2.43. The van der Waals surface area contributed by atoms with Gasteiger partial charge in [-0.15, -0.1) is 0 Å². The van der Waals surface area contributed by atoms with Gasteiger partial charge in [-0.25, -0.2) is 4.39 Å². The lowest BCUT2D eigenvalue weighted by Crippen LogP contribution is -2.52. The van der Waals surface area contributed by atoms with E-state index in [2.05, 4.69) is 36.3 Å². The van der Waals surface area contributed by atoms with Gasteiger partial charge in [0.25, 0.3) is 5.91 Å². The van der Waals surface area contributed by atoms with Crippen LogP contribution in [0.5, 0.6) is 0 Å². The van der Waals surface area contributed by atoms with E-state index >= 15 is 0 Å². The number of likely N-dealkylation sites (N-methyl/N-ethyl adjacent to an activating group) is 1. The van der Waals surface area contributed by atoms with Crippen molar-refractivity contribution in [3.63, 3.8) is 0 Å². The molecule has 0 radical (unpaired) electrons. The minimum atomic E-state index is -0.638. The Labute approximate surface area is 150 Å². The highest BCUT2D eigenvalue weighted by molar-refractivity contribution is 5.97. The summed E-state index contributed by atoms with van der Waals surface area (Å²) in [6.45, 7) is 12.4. The fourth-order valence-corrected chi connectivity index (χ4v) is 2.70. The summed E-state index contributed by atoms with van der Waals surface area (Å²) in [4.78, 5) is 27.0. The molecule has 5 nitrogen and oxygen atoms in total. The number of halogens is 1. The Kier molecular flexibility index (Phi) is 8.55. The SMILES string of the molecule is CCN(CC)C(C)CNC(=O)C(NC(=O)c1ccc(F)cc1)C(C)C. The van der Waals surface area contributed by atoms with Gasteiger partial charge in [-0.2, -0.15) is 0 Å². The summed E-state index contributed by atoms with van der Waals surface area (Å²) in [6, 6.07) is 4.85. The molecule has 0 bridgehead atoms. The third-order valence-electron chi connectivity index (χ3n) is 4.35. The molecule has 140 valence electrons. The van der Waals surface area contributed by atoms with Crippen LogP contribution in [-0.2, 0) is 4.79 Å².